The third-order valence-corrected chi connectivity index (χ3v) is 3.50. The number of carboxylic acids is 1. The standard InChI is InChI=1S/C20H32O3/c1-2-3-4-5-6-7-8-9-10-13-16-19(21)17-14-11-12-15-18-20(22)23/h11-12,14-18,21H,2-10,13H2,1H3,(H,22,23)/b12-11-,17-14+,18-15+,19-16+. The Kier molecular flexibility index (Phi) is 15.3. The van der Waals surface area contributed by atoms with Crippen molar-refractivity contribution in [3.8, 4) is 0 Å². The van der Waals surface area contributed by atoms with E-state index in [2.05, 4.69) is 6.92 Å². The van der Waals surface area contributed by atoms with Crippen molar-refractivity contribution >= 4 is 5.97 Å². The van der Waals surface area contributed by atoms with Crippen molar-refractivity contribution in [3.05, 3.63) is 48.3 Å². The normalized spacial score (nSPS) is 12.8. The van der Waals surface area contributed by atoms with Crippen molar-refractivity contribution in [2.24, 2.45) is 0 Å². The number of rotatable bonds is 14. The van der Waals surface area contributed by atoms with Crippen LogP contribution in [0.4, 0.5) is 0 Å². The molecule has 0 aromatic carbocycles. The first-order valence-electron chi connectivity index (χ1n) is 8.80. The summed E-state index contributed by atoms with van der Waals surface area (Å²) >= 11 is 0. The van der Waals surface area contributed by atoms with Crippen molar-refractivity contribution in [1.29, 1.82) is 0 Å². The molecule has 0 fully saturated rings. The van der Waals surface area contributed by atoms with Crippen LogP contribution in [0.25, 0.3) is 0 Å². The molecule has 0 spiro atoms. The molecule has 0 aliphatic rings. The summed E-state index contributed by atoms with van der Waals surface area (Å²) < 4.78 is 0. The maximum Gasteiger partial charge on any atom is 0.328 e. The fourth-order valence-electron chi connectivity index (χ4n) is 2.19. The van der Waals surface area contributed by atoms with Crippen LogP contribution in [-0.4, -0.2) is 16.2 Å². The van der Waals surface area contributed by atoms with Crippen LogP contribution in [0.3, 0.4) is 0 Å². The van der Waals surface area contributed by atoms with Crippen molar-refractivity contribution in [2.75, 3.05) is 0 Å². The van der Waals surface area contributed by atoms with Gasteiger partial charge in [-0.1, -0.05) is 82.6 Å². The summed E-state index contributed by atoms with van der Waals surface area (Å²) in [6, 6.07) is 0. The second-order valence-corrected chi connectivity index (χ2v) is 5.69. The quantitative estimate of drug-likeness (QED) is 0.176. The van der Waals surface area contributed by atoms with Gasteiger partial charge in [-0.25, -0.2) is 4.79 Å². The summed E-state index contributed by atoms with van der Waals surface area (Å²) in [6.07, 6.45) is 23.5. The van der Waals surface area contributed by atoms with Crippen LogP contribution in [0.1, 0.15) is 71.1 Å². The fourth-order valence-corrected chi connectivity index (χ4v) is 2.19. The highest BCUT2D eigenvalue weighted by Crippen LogP contribution is 2.11. The molecule has 0 aliphatic heterocycles. The zero-order valence-electron chi connectivity index (χ0n) is 14.4. The molecule has 23 heavy (non-hydrogen) atoms. The second-order valence-electron chi connectivity index (χ2n) is 5.69. The zero-order valence-corrected chi connectivity index (χ0v) is 14.4. The summed E-state index contributed by atoms with van der Waals surface area (Å²) in [4.78, 5) is 10.2. The van der Waals surface area contributed by atoms with Crippen LogP contribution in [0.15, 0.2) is 48.3 Å². The molecule has 0 saturated carbocycles. The number of hydrogen-bond acceptors (Lipinski definition) is 2. The van der Waals surface area contributed by atoms with Gasteiger partial charge in [0, 0.05) is 6.08 Å². The van der Waals surface area contributed by atoms with Gasteiger partial charge in [-0.05, 0) is 25.0 Å². The van der Waals surface area contributed by atoms with Gasteiger partial charge >= 0.3 is 5.97 Å². The number of allylic oxidation sites excluding steroid dienone is 6. The monoisotopic (exact) mass is 320 g/mol. The van der Waals surface area contributed by atoms with Crippen molar-refractivity contribution in [2.45, 2.75) is 71.1 Å². The van der Waals surface area contributed by atoms with Gasteiger partial charge in [0.1, 0.15) is 5.76 Å². The molecule has 0 aromatic rings. The molecule has 0 unspecified atom stereocenters. The summed E-state index contributed by atoms with van der Waals surface area (Å²) in [5.74, 6) is -0.709. The summed E-state index contributed by atoms with van der Waals surface area (Å²) in [5, 5.41) is 18.0. The molecule has 0 saturated heterocycles. The summed E-state index contributed by atoms with van der Waals surface area (Å²) in [5.41, 5.74) is 0. The highest BCUT2D eigenvalue weighted by molar-refractivity contribution is 5.80. The van der Waals surface area contributed by atoms with Crippen LogP contribution in [-0.2, 0) is 4.79 Å². The van der Waals surface area contributed by atoms with E-state index in [0.29, 0.717) is 0 Å². The number of aliphatic carboxylic acids is 1. The average molecular weight is 320 g/mol. The van der Waals surface area contributed by atoms with Crippen LogP contribution in [0.5, 0.6) is 0 Å². The molecule has 0 bridgehead atoms. The smallest absolute Gasteiger partial charge is 0.328 e. The zero-order chi connectivity index (χ0) is 17.2. The van der Waals surface area contributed by atoms with Crippen LogP contribution >= 0.6 is 0 Å². The Morgan fingerprint density at radius 3 is 1.83 bits per heavy atom. The van der Waals surface area contributed by atoms with E-state index in [1.165, 1.54) is 57.4 Å². The van der Waals surface area contributed by atoms with E-state index >= 15 is 0 Å². The van der Waals surface area contributed by atoms with Gasteiger partial charge < -0.3 is 10.2 Å². The van der Waals surface area contributed by atoms with E-state index < -0.39 is 5.97 Å². The third-order valence-electron chi connectivity index (χ3n) is 3.50. The van der Waals surface area contributed by atoms with Crippen LogP contribution in [0, 0.1) is 0 Å². The summed E-state index contributed by atoms with van der Waals surface area (Å²) in [7, 11) is 0. The minimum absolute atomic E-state index is 0.261. The van der Waals surface area contributed by atoms with Gasteiger partial charge in [-0.2, -0.15) is 0 Å². The Balaban J connectivity index is 3.57. The molecule has 0 heterocycles. The molecule has 2 N–H and O–H groups in total. The van der Waals surface area contributed by atoms with Crippen molar-refractivity contribution < 1.29 is 15.0 Å². The molecule has 130 valence electrons. The first-order chi connectivity index (χ1) is 11.2. The molecule has 0 aliphatic carbocycles. The molecule has 0 rings (SSSR count). The number of carbonyl (C=O) groups is 1. The van der Waals surface area contributed by atoms with E-state index in [4.69, 9.17) is 5.11 Å². The predicted octanol–water partition coefficient (Wildman–Crippen LogP) is 6.10. The highest BCUT2D eigenvalue weighted by Gasteiger charge is 1.92. The van der Waals surface area contributed by atoms with Gasteiger partial charge in [0.25, 0.3) is 0 Å². The molecule has 3 nitrogen and oxygen atoms in total. The Morgan fingerprint density at radius 2 is 1.26 bits per heavy atom. The Hall–Kier alpha value is -1.77. The molecule has 3 heteroatoms. The number of unbranched alkanes of at least 4 members (excludes halogenated alkanes) is 9. The van der Waals surface area contributed by atoms with Crippen LogP contribution < -0.4 is 0 Å². The molecule has 0 aromatic heterocycles. The number of aliphatic hydroxyl groups excluding tert-OH is 1. The molecule has 0 radical (unpaired) electrons. The largest absolute Gasteiger partial charge is 0.508 e. The van der Waals surface area contributed by atoms with Gasteiger partial charge in [0.05, 0.1) is 0 Å². The SMILES string of the molecule is CCCCCCCCCCC\C=C(O)/C=C/C=C\C=C\C(=O)O. The number of carboxylic acid groups (broad SMARTS) is 1. The van der Waals surface area contributed by atoms with Gasteiger partial charge in [0.2, 0.25) is 0 Å². The topological polar surface area (TPSA) is 57.5 Å². The maximum absolute atomic E-state index is 10.2. The molecule has 0 amide bonds. The van der Waals surface area contributed by atoms with Crippen molar-refractivity contribution in [3.63, 3.8) is 0 Å². The Morgan fingerprint density at radius 1 is 0.739 bits per heavy atom. The van der Waals surface area contributed by atoms with E-state index in [9.17, 15) is 9.90 Å². The first kappa shape index (κ1) is 21.2. The van der Waals surface area contributed by atoms with Gasteiger partial charge in [0.15, 0.2) is 0 Å². The Bertz CT molecular complexity index is 403. The molecular formula is C20H32O3. The third kappa shape index (κ3) is 18.2. The first-order valence-corrected chi connectivity index (χ1v) is 8.80. The predicted molar refractivity (Wildman–Crippen MR) is 97.6 cm³/mol. The summed E-state index contributed by atoms with van der Waals surface area (Å²) in [6.45, 7) is 2.24. The maximum atomic E-state index is 10.2. The molecule has 0 atom stereocenters. The van der Waals surface area contributed by atoms with E-state index in [1.807, 2.05) is 6.08 Å². The van der Waals surface area contributed by atoms with E-state index in [1.54, 1.807) is 24.3 Å². The van der Waals surface area contributed by atoms with Gasteiger partial charge in [-0.15, -0.1) is 0 Å². The minimum atomic E-state index is -0.970. The van der Waals surface area contributed by atoms with Crippen molar-refractivity contribution in [1.82, 2.24) is 0 Å². The lowest BCUT2D eigenvalue weighted by atomic mass is 10.1. The van der Waals surface area contributed by atoms with E-state index in [0.717, 1.165) is 18.9 Å². The lowest BCUT2D eigenvalue weighted by molar-refractivity contribution is -0.131. The lowest BCUT2D eigenvalue weighted by Crippen LogP contribution is -1.84. The lowest BCUT2D eigenvalue weighted by Gasteiger charge is -2.00. The highest BCUT2D eigenvalue weighted by atomic mass is 16.4. The number of hydrogen-bond donors (Lipinski definition) is 2. The number of aliphatic hydroxyl groups is 1. The fraction of sp³-hybridized carbons (Fsp3) is 0.550. The van der Waals surface area contributed by atoms with E-state index in [-0.39, 0.29) is 5.76 Å². The molecular weight excluding hydrogens is 288 g/mol. The minimum Gasteiger partial charge on any atom is -0.508 e. The average Bonchev–Trinajstić information content (AvgIpc) is 2.52. The van der Waals surface area contributed by atoms with Crippen LogP contribution in [0.2, 0.25) is 0 Å². The Labute approximate surface area is 141 Å². The second kappa shape index (κ2) is 16.6. The van der Waals surface area contributed by atoms with Gasteiger partial charge in [-0.3, -0.25) is 0 Å².